The van der Waals surface area contributed by atoms with Gasteiger partial charge in [0.1, 0.15) is 10.7 Å². The van der Waals surface area contributed by atoms with Gasteiger partial charge in [0.25, 0.3) is 0 Å². The van der Waals surface area contributed by atoms with Gasteiger partial charge in [-0.3, -0.25) is 0 Å². The predicted molar refractivity (Wildman–Crippen MR) is 71.8 cm³/mol. The smallest absolute Gasteiger partial charge is 0.242 e. The molecule has 5 nitrogen and oxygen atoms in total. The number of hydrogen-bond donors (Lipinski definition) is 2. The molecule has 0 saturated heterocycles. The lowest BCUT2D eigenvalue weighted by Crippen LogP contribution is -2.27. The minimum Gasteiger partial charge on any atom is -0.395 e. The van der Waals surface area contributed by atoms with E-state index in [1.54, 1.807) is 5.51 Å². The first kappa shape index (κ1) is 13.9. The Labute approximate surface area is 114 Å². The second kappa shape index (κ2) is 5.64. The maximum Gasteiger partial charge on any atom is 0.242 e. The van der Waals surface area contributed by atoms with Crippen molar-refractivity contribution in [2.24, 2.45) is 0 Å². The van der Waals surface area contributed by atoms with Crippen molar-refractivity contribution in [2.75, 3.05) is 12.3 Å². The van der Waals surface area contributed by atoms with Gasteiger partial charge in [0.15, 0.2) is 0 Å². The number of aromatic nitrogens is 1. The summed E-state index contributed by atoms with van der Waals surface area (Å²) >= 11 is 1.44. The van der Waals surface area contributed by atoms with E-state index in [1.807, 2.05) is 5.38 Å². The Morgan fingerprint density at radius 3 is 2.89 bits per heavy atom. The van der Waals surface area contributed by atoms with Gasteiger partial charge in [-0.25, -0.2) is 22.5 Å². The second-order valence-electron chi connectivity index (χ2n) is 3.78. The molecule has 0 spiro atoms. The van der Waals surface area contributed by atoms with Gasteiger partial charge in [0.2, 0.25) is 10.0 Å². The molecule has 1 aromatic carbocycles. The van der Waals surface area contributed by atoms with E-state index in [0.29, 0.717) is 6.42 Å². The molecule has 2 aromatic rings. The summed E-state index contributed by atoms with van der Waals surface area (Å²) in [6.07, 6.45) is 0.470. The lowest BCUT2D eigenvalue weighted by atomic mass is 10.3. The molecule has 8 heteroatoms. The minimum absolute atomic E-state index is 0.183. The number of hydrogen-bond acceptors (Lipinski definition) is 5. The molecule has 102 valence electrons. The van der Waals surface area contributed by atoms with Gasteiger partial charge in [0.05, 0.1) is 16.9 Å². The summed E-state index contributed by atoms with van der Waals surface area (Å²) in [5, 5.41) is 1.84. The van der Waals surface area contributed by atoms with Crippen molar-refractivity contribution in [3.63, 3.8) is 0 Å². The van der Waals surface area contributed by atoms with Gasteiger partial charge < -0.3 is 5.73 Å². The van der Waals surface area contributed by atoms with Crippen LogP contribution in [0.25, 0.3) is 0 Å². The lowest BCUT2D eigenvalue weighted by Gasteiger charge is -2.08. The summed E-state index contributed by atoms with van der Waals surface area (Å²) in [6, 6.07) is 3.69. The minimum atomic E-state index is -3.81. The molecule has 2 rings (SSSR count). The van der Waals surface area contributed by atoms with Crippen LogP contribution in [0.5, 0.6) is 0 Å². The van der Waals surface area contributed by atoms with Crippen LogP contribution in [0.2, 0.25) is 0 Å². The van der Waals surface area contributed by atoms with Crippen molar-refractivity contribution in [3.8, 4) is 0 Å². The highest BCUT2D eigenvalue weighted by atomic mass is 32.2. The number of nitrogens with zero attached hydrogens (tertiary/aromatic N) is 1. The average Bonchev–Trinajstić information content (AvgIpc) is 2.85. The fourth-order valence-corrected chi connectivity index (χ4v) is 3.27. The molecule has 1 aromatic heterocycles. The zero-order valence-electron chi connectivity index (χ0n) is 9.84. The number of nitrogens with one attached hydrogen (secondary N) is 1. The van der Waals surface area contributed by atoms with Gasteiger partial charge in [-0.2, -0.15) is 0 Å². The van der Waals surface area contributed by atoms with Crippen LogP contribution in [-0.4, -0.2) is 19.9 Å². The first-order valence-corrected chi connectivity index (χ1v) is 7.84. The fourth-order valence-electron chi connectivity index (χ4n) is 1.50. The zero-order chi connectivity index (χ0) is 13.9. The molecule has 0 atom stereocenters. The van der Waals surface area contributed by atoms with Crippen molar-refractivity contribution < 1.29 is 12.8 Å². The number of halogens is 1. The number of anilines is 1. The van der Waals surface area contributed by atoms with Gasteiger partial charge >= 0.3 is 0 Å². The van der Waals surface area contributed by atoms with Gasteiger partial charge in [0, 0.05) is 18.3 Å². The normalized spacial score (nSPS) is 11.6. The van der Waals surface area contributed by atoms with E-state index in [0.717, 1.165) is 11.8 Å². The molecule has 0 unspecified atom stereocenters. The van der Waals surface area contributed by atoms with Crippen LogP contribution in [0.3, 0.4) is 0 Å². The van der Waals surface area contributed by atoms with Crippen LogP contribution < -0.4 is 10.5 Å². The van der Waals surface area contributed by atoms with Crippen molar-refractivity contribution >= 4 is 27.0 Å². The van der Waals surface area contributed by atoms with E-state index in [9.17, 15) is 12.8 Å². The van der Waals surface area contributed by atoms with E-state index >= 15 is 0 Å². The highest BCUT2D eigenvalue weighted by Crippen LogP contribution is 2.20. The molecule has 0 fully saturated rings. The fraction of sp³-hybridized carbons (Fsp3) is 0.182. The first-order chi connectivity index (χ1) is 9.00. The van der Waals surface area contributed by atoms with Crippen molar-refractivity contribution in [1.82, 2.24) is 9.71 Å². The third-order valence-electron chi connectivity index (χ3n) is 2.46. The summed E-state index contributed by atoms with van der Waals surface area (Å²) in [4.78, 5) is 3.79. The number of sulfonamides is 1. The second-order valence-corrected chi connectivity index (χ2v) is 6.23. The Bertz CT molecular complexity index is 657. The Morgan fingerprint density at radius 2 is 2.21 bits per heavy atom. The molecule has 1 heterocycles. The molecule has 19 heavy (non-hydrogen) atoms. The largest absolute Gasteiger partial charge is 0.395 e. The zero-order valence-corrected chi connectivity index (χ0v) is 11.5. The third-order valence-corrected chi connectivity index (χ3v) is 4.61. The molecular formula is C11H12FN3O2S2. The number of rotatable bonds is 5. The van der Waals surface area contributed by atoms with E-state index in [-0.39, 0.29) is 17.1 Å². The van der Waals surface area contributed by atoms with E-state index in [2.05, 4.69) is 9.71 Å². The number of benzene rings is 1. The molecule has 0 bridgehead atoms. The molecule has 0 saturated carbocycles. The monoisotopic (exact) mass is 301 g/mol. The molecule has 3 N–H and O–H groups in total. The topological polar surface area (TPSA) is 85.1 Å². The molecule has 0 aliphatic carbocycles. The molecular weight excluding hydrogens is 289 g/mol. The maximum atomic E-state index is 13.2. The van der Waals surface area contributed by atoms with E-state index in [4.69, 9.17) is 5.73 Å². The van der Waals surface area contributed by atoms with Gasteiger partial charge in [-0.1, -0.05) is 6.07 Å². The van der Waals surface area contributed by atoms with Gasteiger partial charge in [-0.15, -0.1) is 11.3 Å². The van der Waals surface area contributed by atoms with Crippen molar-refractivity contribution in [2.45, 2.75) is 11.3 Å². The molecule has 0 radical (unpaired) electrons. The summed E-state index contributed by atoms with van der Waals surface area (Å²) in [5.41, 5.74) is 7.54. The highest BCUT2D eigenvalue weighted by Gasteiger charge is 2.18. The Kier molecular flexibility index (Phi) is 4.13. The number of nitrogens with two attached hydrogens (primary N) is 1. The number of nitrogen functional groups attached to an aromatic ring is 1. The van der Waals surface area contributed by atoms with E-state index < -0.39 is 15.8 Å². The number of thiazole rings is 1. The Hall–Kier alpha value is -1.51. The Morgan fingerprint density at radius 1 is 1.42 bits per heavy atom. The van der Waals surface area contributed by atoms with Crippen molar-refractivity contribution in [1.29, 1.82) is 0 Å². The number of para-hydroxylation sites is 1. The van der Waals surface area contributed by atoms with Crippen molar-refractivity contribution in [3.05, 3.63) is 40.6 Å². The standard InChI is InChI=1S/C11H12FN3O2S2/c12-9-2-1-3-10(11(9)13)19(16,17)15-5-4-8-6-18-7-14-8/h1-3,6-7,15H,4-5,13H2. The quantitative estimate of drug-likeness (QED) is 0.817. The Balaban J connectivity index is 2.08. The van der Waals surface area contributed by atoms with Gasteiger partial charge in [-0.05, 0) is 12.1 Å². The first-order valence-electron chi connectivity index (χ1n) is 5.41. The molecule has 0 amide bonds. The molecule has 0 aliphatic rings. The average molecular weight is 301 g/mol. The highest BCUT2D eigenvalue weighted by molar-refractivity contribution is 7.89. The lowest BCUT2D eigenvalue weighted by molar-refractivity contribution is 0.579. The summed E-state index contributed by atoms with van der Waals surface area (Å²) in [7, 11) is -3.81. The maximum absolute atomic E-state index is 13.2. The van der Waals surface area contributed by atoms with E-state index in [1.165, 1.54) is 23.5 Å². The molecule has 0 aliphatic heterocycles. The van der Waals surface area contributed by atoms with Crippen LogP contribution in [0, 0.1) is 5.82 Å². The van der Waals surface area contributed by atoms with Crippen LogP contribution in [0.4, 0.5) is 10.1 Å². The summed E-state index contributed by atoms with van der Waals surface area (Å²) in [5.74, 6) is -0.748. The van der Waals surface area contributed by atoms with Crippen LogP contribution >= 0.6 is 11.3 Å². The summed E-state index contributed by atoms with van der Waals surface area (Å²) in [6.45, 7) is 0.183. The summed E-state index contributed by atoms with van der Waals surface area (Å²) < 4.78 is 39.5. The van der Waals surface area contributed by atoms with Crippen LogP contribution in [-0.2, 0) is 16.4 Å². The predicted octanol–water partition coefficient (Wildman–Crippen LogP) is 1.39. The van der Waals surface area contributed by atoms with Crippen LogP contribution in [0.1, 0.15) is 5.69 Å². The SMILES string of the molecule is Nc1c(F)cccc1S(=O)(=O)NCCc1cscn1. The van der Waals surface area contributed by atoms with Crippen LogP contribution in [0.15, 0.2) is 34.0 Å². The third kappa shape index (κ3) is 3.28.